The van der Waals surface area contributed by atoms with E-state index >= 15 is 0 Å². The monoisotopic (exact) mass is 290 g/mol. The van der Waals surface area contributed by atoms with Crippen LogP contribution < -0.4 is 5.73 Å². The highest BCUT2D eigenvalue weighted by atomic mass is 15.2. The molecule has 0 aliphatic rings. The molecule has 120 valence electrons. The first-order valence-electron chi connectivity index (χ1n) is 8.57. The van der Waals surface area contributed by atoms with Crippen LogP contribution in [0.1, 0.15) is 77.5 Å². The number of likely N-dealkylation sites (N-methyl/N-ethyl adjacent to an activating group) is 1. The molecule has 0 amide bonds. The van der Waals surface area contributed by atoms with Crippen LogP contribution in [-0.2, 0) is 0 Å². The molecular weight excluding hydrogens is 256 g/mol. The highest BCUT2D eigenvalue weighted by molar-refractivity contribution is 5.29. The third-order valence-electron chi connectivity index (χ3n) is 5.16. The lowest BCUT2D eigenvalue weighted by Gasteiger charge is -2.46. The van der Waals surface area contributed by atoms with Crippen molar-refractivity contribution in [3.63, 3.8) is 0 Å². The van der Waals surface area contributed by atoms with Crippen LogP contribution in [0.15, 0.2) is 24.3 Å². The van der Waals surface area contributed by atoms with Crippen molar-refractivity contribution in [3.8, 4) is 0 Å². The van der Waals surface area contributed by atoms with E-state index in [0.717, 1.165) is 25.9 Å². The Morgan fingerprint density at radius 3 is 1.67 bits per heavy atom. The summed E-state index contributed by atoms with van der Waals surface area (Å²) in [6.45, 7) is 15.6. The van der Waals surface area contributed by atoms with Crippen LogP contribution in [0.25, 0.3) is 0 Å². The Balaban J connectivity index is 3.13. The molecule has 0 heterocycles. The quantitative estimate of drug-likeness (QED) is 0.751. The van der Waals surface area contributed by atoms with Gasteiger partial charge in [-0.1, -0.05) is 65.8 Å². The molecule has 0 aliphatic heterocycles. The van der Waals surface area contributed by atoms with Crippen LogP contribution in [0.5, 0.6) is 0 Å². The molecule has 1 rings (SSSR count). The topological polar surface area (TPSA) is 29.3 Å². The summed E-state index contributed by atoms with van der Waals surface area (Å²) in [6, 6.07) is 8.98. The molecular formula is C19H34N2. The van der Waals surface area contributed by atoms with E-state index in [1.165, 1.54) is 11.1 Å². The maximum absolute atomic E-state index is 6.73. The fraction of sp³-hybridized carbons (Fsp3) is 0.684. The van der Waals surface area contributed by atoms with Crippen LogP contribution in [0.3, 0.4) is 0 Å². The zero-order valence-corrected chi connectivity index (χ0v) is 14.8. The number of hydrogen-bond acceptors (Lipinski definition) is 2. The summed E-state index contributed by atoms with van der Waals surface area (Å²) in [5.41, 5.74) is 9.43. The zero-order chi connectivity index (χ0) is 16.0. The number of hydrogen-bond donors (Lipinski definition) is 1. The highest BCUT2D eigenvalue weighted by Crippen LogP contribution is 2.36. The second kappa shape index (κ2) is 7.95. The zero-order valence-electron chi connectivity index (χ0n) is 14.8. The smallest absolute Gasteiger partial charge is 0.0481 e. The average molecular weight is 290 g/mol. The molecule has 2 heteroatoms. The fourth-order valence-electron chi connectivity index (χ4n) is 3.59. The fourth-order valence-corrected chi connectivity index (χ4v) is 3.59. The third-order valence-corrected chi connectivity index (χ3v) is 5.16. The summed E-state index contributed by atoms with van der Waals surface area (Å²) in [5, 5.41) is 0. The molecule has 2 N–H and O–H groups in total. The Labute approximate surface area is 131 Å². The van der Waals surface area contributed by atoms with Crippen LogP contribution in [0.4, 0.5) is 0 Å². The predicted octanol–water partition coefficient (Wildman–Crippen LogP) is 4.71. The van der Waals surface area contributed by atoms with E-state index in [-0.39, 0.29) is 11.6 Å². The molecule has 1 aromatic rings. The van der Waals surface area contributed by atoms with Crippen molar-refractivity contribution in [2.45, 2.75) is 71.9 Å². The Bertz CT molecular complexity index is 400. The molecule has 2 nitrogen and oxygen atoms in total. The lowest BCUT2D eigenvalue weighted by Crippen LogP contribution is -2.54. The van der Waals surface area contributed by atoms with Crippen molar-refractivity contribution in [2.24, 2.45) is 5.73 Å². The molecule has 1 aromatic carbocycles. The summed E-state index contributed by atoms with van der Waals surface area (Å²) < 4.78 is 0. The maximum atomic E-state index is 6.73. The molecule has 0 aromatic heterocycles. The lowest BCUT2D eigenvalue weighted by molar-refractivity contribution is 0.0625. The van der Waals surface area contributed by atoms with Gasteiger partial charge in [0.1, 0.15) is 0 Å². The first kappa shape index (κ1) is 18.2. The van der Waals surface area contributed by atoms with Crippen LogP contribution >= 0.6 is 0 Å². The van der Waals surface area contributed by atoms with Crippen molar-refractivity contribution in [1.82, 2.24) is 4.90 Å². The lowest BCUT2D eigenvalue weighted by atomic mass is 9.79. The van der Waals surface area contributed by atoms with Gasteiger partial charge in [-0.05, 0) is 43.0 Å². The van der Waals surface area contributed by atoms with E-state index in [1.54, 1.807) is 0 Å². The highest BCUT2D eigenvalue weighted by Gasteiger charge is 2.38. The Morgan fingerprint density at radius 2 is 1.33 bits per heavy atom. The van der Waals surface area contributed by atoms with Gasteiger partial charge in [0, 0.05) is 11.6 Å². The largest absolute Gasteiger partial charge is 0.322 e. The minimum Gasteiger partial charge on any atom is -0.322 e. The molecule has 0 aliphatic carbocycles. The molecule has 21 heavy (non-hydrogen) atoms. The van der Waals surface area contributed by atoms with Gasteiger partial charge in [-0.25, -0.2) is 0 Å². The van der Waals surface area contributed by atoms with Crippen LogP contribution in [-0.4, -0.2) is 23.5 Å². The molecule has 1 atom stereocenters. The summed E-state index contributed by atoms with van der Waals surface area (Å²) in [5.74, 6) is 0.570. The molecule has 1 unspecified atom stereocenters. The number of benzene rings is 1. The average Bonchev–Trinajstić information content (AvgIpc) is 2.52. The van der Waals surface area contributed by atoms with Gasteiger partial charge in [0.25, 0.3) is 0 Å². The van der Waals surface area contributed by atoms with E-state index in [9.17, 15) is 0 Å². The molecule has 0 bridgehead atoms. The van der Waals surface area contributed by atoms with E-state index in [4.69, 9.17) is 5.73 Å². The van der Waals surface area contributed by atoms with Crippen LogP contribution in [0.2, 0.25) is 0 Å². The van der Waals surface area contributed by atoms with Gasteiger partial charge in [-0.3, -0.25) is 4.90 Å². The van der Waals surface area contributed by atoms with Crippen molar-refractivity contribution >= 4 is 0 Å². The molecule has 0 saturated heterocycles. The summed E-state index contributed by atoms with van der Waals surface area (Å²) in [6.07, 6.45) is 2.16. The number of nitrogens with zero attached hydrogens (tertiary/aromatic N) is 1. The summed E-state index contributed by atoms with van der Waals surface area (Å²) in [4.78, 5) is 2.54. The van der Waals surface area contributed by atoms with Gasteiger partial charge >= 0.3 is 0 Å². The second-order valence-corrected chi connectivity index (χ2v) is 6.28. The van der Waals surface area contributed by atoms with E-state index < -0.39 is 0 Å². The number of rotatable bonds is 8. The van der Waals surface area contributed by atoms with Crippen molar-refractivity contribution < 1.29 is 0 Å². The first-order valence-corrected chi connectivity index (χ1v) is 8.57. The third kappa shape index (κ3) is 3.67. The first-order chi connectivity index (χ1) is 9.96. The number of nitrogens with two attached hydrogens (primary N) is 1. The second-order valence-electron chi connectivity index (χ2n) is 6.28. The molecule has 0 radical (unpaired) electrons. The van der Waals surface area contributed by atoms with Gasteiger partial charge in [0.2, 0.25) is 0 Å². The SMILES string of the molecule is CCN(CC)C(CC)(CC)C(N)c1ccc(C(C)C)cc1. The Hall–Kier alpha value is -0.860. The summed E-state index contributed by atoms with van der Waals surface area (Å²) in [7, 11) is 0. The standard InChI is InChI=1S/C19H34N2/c1-7-19(8-2,21(9-3)10-4)18(20)17-13-11-16(12-14-17)15(5)6/h11-15,18H,7-10,20H2,1-6H3. The van der Waals surface area contributed by atoms with Crippen LogP contribution in [0, 0.1) is 0 Å². The predicted molar refractivity (Wildman–Crippen MR) is 93.7 cm³/mol. The minimum atomic E-state index is 0.0584. The van der Waals surface area contributed by atoms with Gasteiger partial charge in [0.15, 0.2) is 0 Å². The Kier molecular flexibility index (Phi) is 6.89. The van der Waals surface area contributed by atoms with Crippen molar-refractivity contribution in [3.05, 3.63) is 35.4 Å². The van der Waals surface area contributed by atoms with Gasteiger partial charge in [-0.2, -0.15) is 0 Å². The Morgan fingerprint density at radius 1 is 0.905 bits per heavy atom. The molecule has 0 saturated carbocycles. The molecule has 0 fully saturated rings. The van der Waals surface area contributed by atoms with E-state index in [0.29, 0.717) is 5.92 Å². The van der Waals surface area contributed by atoms with E-state index in [1.807, 2.05) is 0 Å². The van der Waals surface area contributed by atoms with Gasteiger partial charge < -0.3 is 5.73 Å². The summed E-state index contributed by atoms with van der Waals surface area (Å²) >= 11 is 0. The molecule has 0 spiro atoms. The van der Waals surface area contributed by atoms with Crippen molar-refractivity contribution in [1.29, 1.82) is 0 Å². The normalized spacial score (nSPS) is 14.0. The minimum absolute atomic E-state index is 0.0584. The maximum Gasteiger partial charge on any atom is 0.0481 e. The van der Waals surface area contributed by atoms with Crippen molar-refractivity contribution in [2.75, 3.05) is 13.1 Å². The van der Waals surface area contributed by atoms with Gasteiger partial charge in [-0.15, -0.1) is 0 Å². The van der Waals surface area contributed by atoms with E-state index in [2.05, 4.69) is 70.7 Å². The van der Waals surface area contributed by atoms with Gasteiger partial charge in [0.05, 0.1) is 0 Å².